The number of halogens is 2. The van der Waals surface area contributed by atoms with E-state index in [4.69, 9.17) is 11.2 Å². The van der Waals surface area contributed by atoms with Crippen LogP contribution >= 0.6 is 31.9 Å². The van der Waals surface area contributed by atoms with Gasteiger partial charge in [-0.1, -0.05) is 35.7 Å². The highest BCUT2D eigenvalue weighted by atomic mass is 79.9. The average Bonchev–Trinajstić information content (AvgIpc) is 2.53. The maximum atomic E-state index is 9.43. The topological polar surface area (TPSA) is 33.0 Å². The van der Waals surface area contributed by atoms with Gasteiger partial charge in [0.15, 0.2) is 0 Å². The normalized spacial score (nSPS) is 10.7. The van der Waals surface area contributed by atoms with E-state index < -0.39 is 0 Å². The van der Waals surface area contributed by atoms with E-state index in [1.165, 1.54) is 0 Å². The van der Waals surface area contributed by atoms with E-state index in [0.717, 1.165) is 25.6 Å². The number of nitriles is 1. The van der Waals surface area contributed by atoms with Gasteiger partial charge in [0, 0.05) is 0 Å². The van der Waals surface area contributed by atoms with Gasteiger partial charge in [-0.2, -0.15) is 5.26 Å². The van der Waals surface area contributed by atoms with E-state index in [9.17, 15) is 5.26 Å². The van der Waals surface area contributed by atoms with Gasteiger partial charge < -0.3 is 4.74 Å². The number of terminal acetylenes is 1. The monoisotopic (exact) mass is 429 g/mol. The smallest absolute Gasteiger partial charge is 0.149 e. The molecule has 0 atom stereocenters. The highest BCUT2D eigenvalue weighted by Crippen LogP contribution is 2.35. The Labute approximate surface area is 153 Å². The molecule has 0 N–H and O–H groups in total. The third-order valence-corrected chi connectivity index (χ3v) is 4.29. The molecule has 23 heavy (non-hydrogen) atoms. The molecular formula is C19H13Br2NO. The van der Waals surface area contributed by atoms with Gasteiger partial charge in [-0.05, 0) is 68.1 Å². The maximum absolute atomic E-state index is 9.43. The summed E-state index contributed by atoms with van der Waals surface area (Å²) in [5, 5.41) is 9.43. The first kappa shape index (κ1) is 17.3. The average molecular weight is 431 g/mol. The van der Waals surface area contributed by atoms with Crippen molar-refractivity contribution in [2.24, 2.45) is 0 Å². The van der Waals surface area contributed by atoms with Crippen LogP contribution in [0.3, 0.4) is 0 Å². The number of ether oxygens (including phenoxy) is 1. The van der Waals surface area contributed by atoms with Gasteiger partial charge >= 0.3 is 0 Å². The van der Waals surface area contributed by atoms with Crippen LogP contribution in [0.5, 0.6) is 5.75 Å². The quantitative estimate of drug-likeness (QED) is 0.359. The van der Waals surface area contributed by atoms with Crippen LogP contribution in [-0.4, -0.2) is 6.61 Å². The first-order valence-corrected chi connectivity index (χ1v) is 8.38. The number of benzene rings is 2. The molecule has 2 aromatic rings. The van der Waals surface area contributed by atoms with Gasteiger partial charge in [-0.25, -0.2) is 0 Å². The van der Waals surface area contributed by atoms with Crippen molar-refractivity contribution in [3.63, 3.8) is 0 Å². The largest absolute Gasteiger partial charge is 0.479 e. The van der Waals surface area contributed by atoms with E-state index in [0.29, 0.717) is 11.3 Å². The van der Waals surface area contributed by atoms with Crippen LogP contribution in [0, 0.1) is 30.6 Å². The number of hydrogen-bond acceptors (Lipinski definition) is 2. The molecule has 2 nitrogen and oxygen atoms in total. The van der Waals surface area contributed by atoms with E-state index in [1.807, 2.05) is 49.4 Å². The lowest BCUT2D eigenvalue weighted by Crippen LogP contribution is -1.95. The fraction of sp³-hybridized carbons (Fsp3) is 0.105. The second-order valence-corrected chi connectivity index (χ2v) is 6.55. The fourth-order valence-electron chi connectivity index (χ4n) is 1.99. The molecule has 0 bridgehead atoms. The molecule has 0 heterocycles. The van der Waals surface area contributed by atoms with Crippen LogP contribution in [0.2, 0.25) is 0 Å². The summed E-state index contributed by atoms with van der Waals surface area (Å²) in [5.41, 5.74) is 3.53. The van der Waals surface area contributed by atoms with Gasteiger partial charge in [-0.15, -0.1) is 6.42 Å². The Bertz CT molecular complexity index is 801. The minimum absolute atomic E-state index is 0.194. The second-order valence-electron chi connectivity index (χ2n) is 4.84. The van der Waals surface area contributed by atoms with Gasteiger partial charge in [0.2, 0.25) is 0 Å². The molecule has 0 fully saturated rings. The summed E-state index contributed by atoms with van der Waals surface area (Å²) in [6, 6.07) is 13.9. The van der Waals surface area contributed by atoms with Crippen LogP contribution in [0.1, 0.15) is 16.7 Å². The molecule has 0 saturated heterocycles. The first-order chi connectivity index (χ1) is 11.0. The van der Waals surface area contributed by atoms with Crippen molar-refractivity contribution in [2.75, 3.05) is 6.61 Å². The van der Waals surface area contributed by atoms with Crippen LogP contribution in [-0.2, 0) is 0 Å². The van der Waals surface area contributed by atoms with Crippen LogP contribution in [0.15, 0.2) is 45.3 Å². The molecule has 0 saturated carbocycles. The zero-order chi connectivity index (χ0) is 16.8. The lowest BCUT2D eigenvalue weighted by atomic mass is 10.0. The SMILES string of the molecule is C#CCOc1c(Br)cc(/C=C(/C#N)c2ccc(C)cc2)cc1Br. The molecule has 0 unspecified atom stereocenters. The Morgan fingerprint density at radius 3 is 2.35 bits per heavy atom. The minimum atomic E-state index is 0.194. The van der Waals surface area contributed by atoms with Gasteiger partial charge in [0.1, 0.15) is 12.4 Å². The molecular weight excluding hydrogens is 418 g/mol. The summed E-state index contributed by atoms with van der Waals surface area (Å²) in [4.78, 5) is 0. The van der Waals surface area contributed by atoms with Gasteiger partial charge in [-0.3, -0.25) is 0 Å². The van der Waals surface area contributed by atoms with E-state index in [1.54, 1.807) is 0 Å². The maximum Gasteiger partial charge on any atom is 0.149 e. The van der Waals surface area contributed by atoms with Crippen LogP contribution in [0.4, 0.5) is 0 Å². The van der Waals surface area contributed by atoms with Crippen molar-refractivity contribution in [3.05, 3.63) is 62.0 Å². The minimum Gasteiger partial charge on any atom is -0.479 e. The second kappa shape index (κ2) is 8.02. The van der Waals surface area contributed by atoms with E-state index >= 15 is 0 Å². The number of hydrogen-bond donors (Lipinski definition) is 0. The van der Waals surface area contributed by atoms with Crippen molar-refractivity contribution in [1.82, 2.24) is 0 Å². The fourth-order valence-corrected chi connectivity index (χ4v) is 3.45. The lowest BCUT2D eigenvalue weighted by Gasteiger charge is -2.09. The standard InChI is InChI=1S/C19H13Br2NO/c1-3-8-23-19-17(20)10-14(11-18(19)21)9-16(12-22)15-6-4-13(2)5-7-15/h1,4-7,9-11H,8H2,2H3/b16-9-. The third-order valence-electron chi connectivity index (χ3n) is 3.11. The van der Waals surface area contributed by atoms with Gasteiger partial charge in [0.05, 0.1) is 20.6 Å². The Morgan fingerprint density at radius 1 is 1.22 bits per heavy atom. The van der Waals surface area contributed by atoms with Crippen LogP contribution in [0.25, 0.3) is 11.6 Å². The summed E-state index contributed by atoms with van der Waals surface area (Å²) >= 11 is 6.94. The summed E-state index contributed by atoms with van der Waals surface area (Å²) in [6.07, 6.45) is 7.05. The van der Waals surface area contributed by atoms with Crippen LogP contribution < -0.4 is 4.74 Å². The molecule has 2 aromatic carbocycles. The molecule has 2 rings (SSSR count). The molecule has 0 aromatic heterocycles. The Hall–Kier alpha value is -2.01. The molecule has 0 spiro atoms. The Balaban J connectivity index is 2.39. The third kappa shape index (κ3) is 4.48. The Morgan fingerprint density at radius 2 is 1.83 bits per heavy atom. The van der Waals surface area contributed by atoms with Crippen molar-refractivity contribution < 1.29 is 4.74 Å². The molecule has 0 radical (unpaired) electrons. The predicted molar refractivity (Wildman–Crippen MR) is 101 cm³/mol. The highest BCUT2D eigenvalue weighted by molar-refractivity contribution is 9.11. The molecule has 0 aliphatic heterocycles. The highest BCUT2D eigenvalue weighted by Gasteiger charge is 2.09. The number of allylic oxidation sites excluding steroid dienone is 1. The van der Waals surface area contributed by atoms with Crippen molar-refractivity contribution in [3.8, 4) is 24.2 Å². The van der Waals surface area contributed by atoms with Crippen molar-refractivity contribution in [1.29, 1.82) is 5.26 Å². The summed E-state index contributed by atoms with van der Waals surface area (Å²) in [5.74, 6) is 3.08. The predicted octanol–water partition coefficient (Wildman–Crippen LogP) is 5.60. The molecule has 4 heteroatoms. The van der Waals surface area contributed by atoms with E-state index in [2.05, 4.69) is 43.8 Å². The first-order valence-electron chi connectivity index (χ1n) is 6.79. The van der Waals surface area contributed by atoms with E-state index in [-0.39, 0.29) is 6.61 Å². The zero-order valence-corrected chi connectivity index (χ0v) is 15.6. The van der Waals surface area contributed by atoms with Gasteiger partial charge in [0.25, 0.3) is 0 Å². The summed E-state index contributed by atoms with van der Waals surface area (Å²) in [6.45, 7) is 2.21. The molecule has 114 valence electrons. The van der Waals surface area contributed by atoms with Crippen molar-refractivity contribution in [2.45, 2.75) is 6.92 Å². The summed E-state index contributed by atoms with van der Waals surface area (Å²) in [7, 11) is 0. The molecule has 0 amide bonds. The number of nitrogens with zero attached hydrogens (tertiary/aromatic N) is 1. The summed E-state index contributed by atoms with van der Waals surface area (Å²) < 4.78 is 7.03. The number of aryl methyl sites for hydroxylation is 1. The number of rotatable bonds is 4. The van der Waals surface area contributed by atoms with Crippen molar-refractivity contribution >= 4 is 43.5 Å². The molecule has 0 aliphatic rings. The zero-order valence-electron chi connectivity index (χ0n) is 12.4. The lowest BCUT2D eigenvalue weighted by molar-refractivity contribution is 0.365. The molecule has 0 aliphatic carbocycles. The Kier molecular flexibility index (Phi) is 6.04.